The molecular formula is C17H17NO5. The highest BCUT2D eigenvalue weighted by Crippen LogP contribution is 2.14. The smallest absolute Gasteiger partial charge is 0.310 e. The molecule has 2 aromatic rings. The van der Waals surface area contributed by atoms with E-state index in [-0.39, 0.29) is 24.7 Å². The second-order valence-corrected chi connectivity index (χ2v) is 4.84. The highest BCUT2D eigenvalue weighted by molar-refractivity contribution is 5.72. The van der Waals surface area contributed by atoms with Crippen LogP contribution >= 0.6 is 0 Å². The van der Waals surface area contributed by atoms with Crippen LogP contribution in [0.25, 0.3) is 0 Å². The zero-order valence-corrected chi connectivity index (χ0v) is 12.7. The number of ether oxygens (including phenoxy) is 2. The van der Waals surface area contributed by atoms with E-state index in [0.29, 0.717) is 12.2 Å². The number of hydrogen-bond donors (Lipinski definition) is 0. The van der Waals surface area contributed by atoms with Crippen LogP contribution in [-0.4, -0.2) is 17.5 Å². The van der Waals surface area contributed by atoms with Crippen molar-refractivity contribution >= 4 is 11.7 Å². The lowest BCUT2D eigenvalue weighted by Crippen LogP contribution is -2.08. The molecule has 0 fully saturated rings. The van der Waals surface area contributed by atoms with Gasteiger partial charge in [0.05, 0.1) is 18.0 Å². The minimum absolute atomic E-state index is 0.00876. The van der Waals surface area contributed by atoms with Crippen molar-refractivity contribution in [2.75, 3.05) is 6.61 Å². The van der Waals surface area contributed by atoms with Crippen LogP contribution < -0.4 is 4.74 Å². The predicted octanol–water partition coefficient (Wildman–Crippen LogP) is 3.28. The number of rotatable bonds is 7. The van der Waals surface area contributed by atoms with Gasteiger partial charge in [0.25, 0.3) is 5.69 Å². The van der Waals surface area contributed by atoms with Crippen LogP contribution in [0.2, 0.25) is 0 Å². The van der Waals surface area contributed by atoms with Crippen molar-refractivity contribution in [3.8, 4) is 5.75 Å². The largest absolute Gasteiger partial charge is 0.494 e. The van der Waals surface area contributed by atoms with Gasteiger partial charge in [-0.3, -0.25) is 14.9 Å². The summed E-state index contributed by atoms with van der Waals surface area (Å²) in [6.45, 7) is 2.59. The van der Waals surface area contributed by atoms with Gasteiger partial charge < -0.3 is 9.47 Å². The van der Waals surface area contributed by atoms with Crippen LogP contribution in [0.5, 0.6) is 5.75 Å². The number of hydrogen-bond acceptors (Lipinski definition) is 5. The summed E-state index contributed by atoms with van der Waals surface area (Å²) in [4.78, 5) is 21.9. The number of carbonyl (C=O) groups is 1. The summed E-state index contributed by atoms with van der Waals surface area (Å²) >= 11 is 0. The number of benzene rings is 2. The average Bonchev–Trinajstić information content (AvgIpc) is 2.55. The zero-order valence-electron chi connectivity index (χ0n) is 12.7. The maximum atomic E-state index is 11.8. The fourth-order valence-corrected chi connectivity index (χ4v) is 1.97. The third kappa shape index (κ3) is 5.10. The SMILES string of the molecule is CCOc1ccc(CC(=O)OCc2ccc([N+](=O)[O-])cc2)cc1. The molecule has 0 radical (unpaired) electrons. The maximum Gasteiger partial charge on any atom is 0.310 e. The predicted molar refractivity (Wildman–Crippen MR) is 84.2 cm³/mol. The summed E-state index contributed by atoms with van der Waals surface area (Å²) in [6.07, 6.45) is 0.166. The van der Waals surface area contributed by atoms with E-state index < -0.39 is 4.92 Å². The average molecular weight is 315 g/mol. The van der Waals surface area contributed by atoms with Gasteiger partial charge in [-0.25, -0.2) is 0 Å². The quantitative estimate of drug-likeness (QED) is 0.445. The van der Waals surface area contributed by atoms with E-state index in [0.717, 1.165) is 11.3 Å². The fraction of sp³-hybridized carbons (Fsp3) is 0.235. The lowest BCUT2D eigenvalue weighted by molar-refractivity contribution is -0.384. The summed E-state index contributed by atoms with van der Waals surface area (Å²) in [5.41, 5.74) is 1.55. The molecular weight excluding hydrogens is 298 g/mol. The molecule has 120 valence electrons. The van der Waals surface area contributed by atoms with Gasteiger partial charge in [0.15, 0.2) is 0 Å². The molecule has 2 rings (SSSR count). The molecule has 0 N–H and O–H groups in total. The van der Waals surface area contributed by atoms with Gasteiger partial charge in [-0.2, -0.15) is 0 Å². The molecule has 2 aromatic carbocycles. The van der Waals surface area contributed by atoms with E-state index in [1.54, 1.807) is 12.1 Å². The van der Waals surface area contributed by atoms with Crippen molar-refractivity contribution in [3.63, 3.8) is 0 Å². The van der Waals surface area contributed by atoms with Crippen LogP contribution in [0.4, 0.5) is 5.69 Å². The number of nitro groups is 1. The topological polar surface area (TPSA) is 78.7 Å². The third-order valence-corrected chi connectivity index (χ3v) is 3.13. The van der Waals surface area contributed by atoms with Gasteiger partial charge in [0, 0.05) is 12.1 Å². The van der Waals surface area contributed by atoms with Crippen molar-refractivity contribution in [1.29, 1.82) is 0 Å². The van der Waals surface area contributed by atoms with Crippen LogP contribution in [0, 0.1) is 10.1 Å². The summed E-state index contributed by atoms with van der Waals surface area (Å²) in [5, 5.41) is 10.6. The molecule has 0 bridgehead atoms. The van der Waals surface area contributed by atoms with Gasteiger partial charge in [0.1, 0.15) is 12.4 Å². The second kappa shape index (κ2) is 7.93. The third-order valence-electron chi connectivity index (χ3n) is 3.13. The summed E-state index contributed by atoms with van der Waals surface area (Å²) in [6, 6.07) is 13.2. The lowest BCUT2D eigenvalue weighted by Gasteiger charge is -2.06. The molecule has 0 saturated carbocycles. The Morgan fingerprint density at radius 1 is 1.04 bits per heavy atom. The van der Waals surface area contributed by atoms with E-state index >= 15 is 0 Å². The molecule has 0 spiro atoms. The first kappa shape index (κ1) is 16.5. The van der Waals surface area contributed by atoms with Crippen molar-refractivity contribution in [2.24, 2.45) is 0 Å². The maximum absolute atomic E-state index is 11.8. The highest BCUT2D eigenvalue weighted by Gasteiger charge is 2.08. The summed E-state index contributed by atoms with van der Waals surface area (Å²) in [5.74, 6) is 0.406. The molecule has 0 unspecified atom stereocenters. The first-order valence-electron chi connectivity index (χ1n) is 7.19. The van der Waals surface area contributed by atoms with Crippen molar-refractivity contribution in [3.05, 3.63) is 69.8 Å². The number of carbonyl (C=O) groups excluding carboxylic acids is 1. The first-order chi connectivity index (χ1) is 11.1. The van der Waals surface area contributed by atoms with Crippen LogP contribution in [-0.2, 0) is 22.6 Å². The molecule has 6 heteroatoms. The Morgan fingerprint density at radius 3 is 2.22 bits per heavy atom. The van der Waals surface area contributed by atoms with Crippen LogP contribution in [0.15, 0.2) is 48.5 Å². The van der Waals surface area contributed by atoms with E-state index in [9.17, 15) is 14.9 Å². The highest BCUT2D eigenvalue weighted by atomic mass is 16.6. The Balaban J connectivity index is 1.83. The van der Waals surface area contributed by atoms with Crippen LogP contribution in [0.1, 0.15) is 18.1 Å². The van der Waals surface area contributed by atoms with Gasteiger partial charge in [0.2, 0.25) is 0 Å². The Bertz CT molecular complexity index is 664. The van der Waals surface area contributed by atoms with Crippen molar-refractivity contribution < 1.29 is 19.2 Å². The Kier molecular flexibility index (Phi) is 5.68. The molecule has 0 aliphatic rings. The van der Waals surface area contributed by atoms with Gasteiger partial charge in [-0.05, 0) is 42.3 Å². The minimum atomic E-state index is -0.471. The first-order valence-corrected chi connectivity index (χ1v) is 7.19. The molecule has 0 heterocycles. The van der Waals surface area contributed by atoms with E-state index in [1.165, 1.54) is 12.1 Å². The molecule has 0 aliphatic carbocycles. The van der Waals surface area contributed by atoms with Gasteiger partial charge in [-0.1, -0.05) is 12.1 Å². The molecule has 6 nitrogen and oxygen atoms in total. The number of esters is 1. The molecule has 0 saturated heterocycles. The normalized spacial score (nSPS) is 10.1. The molecule has 0 amide bonds. The minimum Gasteiger partial charge on any atom is -0.494 e. The van der Waals surface area contributed by atoms with Crippen molar-refractivity contribution in [2.45, 2.75) is 20.0 Å². The number of nitrogens with zero attached hydrogens (tertiary/aromatic N) is 1. The number of nitro benzene ring substituents is 1. The van der Waals surface area contributed by atoms with Crippen LogP contribution in [0.3, 0.4) is 0 Å². The Labute approximate surface area is 133 Å². The van der Waals surface area contributed by atoms with Gasteiger partial charge >= 0.3 is 5.97 Å². The summed E-state index contributed by atoms with van der Waals surface area (Å²) < 4.78 is 10.5. The number of non-ortho nitro benzene ring substituents is 1. The fourth-order valence-electron chi connectivity index (χ4n) is 1.97. The van der Waals surface area contributed by atoms with Gasteiger partial charge in [-0.15, -0.1) is 0 Å². The van der Waals surface area contributed by atoms with E-state index in [1.807, 2.05) is 31.2 Å². The Hall–Kier alpha value is -2.89. The zero-order chi connectivity index (χ0) is 16.7. The second-order valence-electron chi connectivity index (χ2n) is 4.84. The molecule has 0 atom stereocenters. The molecule has 0 aromatic heterocycles. The molecule has 0 aliphatic heterocycles. The monoisotopic (exact) mass is 315 g/mol. The molecule has 23 heavy (non-hydrogen) atoms. The Morgan fingerprint density at radius 2 is 1.65 bits per heavy atom. The standard InChI is InChI=1S/C17H17NO5/c1-2-22-16-9-5-13(6-10-16)11-17(19)23-12-14-3-7-15(8-4-14)18(20)21/h3-10H,2,11-12H2,1H3. The van der Waals surface area contributed by atoms with E-state index in [2.05, 4.69) is 0 Å². The lowest BCUT2D eigenvalue weighted by atomic mass is 10.1. The summed E-state index contributed by atoms with van der Waals surface area (Å²) in [7, 11) is 0. The van der Waals surface area contributed by atoms with Crippen molar-refractivity contribution in [1.82, 2.24) is 0 Å². The van der Waals surface area contributed by atoms with E-state index in [4.69, 9.17) is 9.47 Å².